The first-order valence-corrected chi connectivity index (χ1v) is 4.92. The van der Waals surface area contributed by atoms with Crippen LogP contribution in [0.15, 0.2) is 48.5 Å². The molecule has 0 saturated heterocycles. The van der Waals surface area contributed by atoms with E-state index in [1.54, 1.807) is 7.11 Å². The molecule has 0 aliphatic heterocycles. The van der Waals surface area contributed by atoms with Crippen LogP contribution in [-0.4, -0.2) is 25.4 Å². The fourth-order valence-corrected chi connectivity index (χ4v) is 1.22. The molecule has 0 aromatic heterocycles. The summed E-state index contributed by atoms with van der Waals surface area (Å²) in [6, 6.07) is 16.7. The van der Waals surface area contributed by atoms with Crippen molar-refractivity contribution in [3.63, 3.8) is 0 Å². The second kappa shape index (κ2) is 6.98. The predicted octanol–water partition coefficient (Wildman–Crippen LogP) is 2.46. The van der Waals surface area contributed by atoms with Crippen LogP contribution in [0.3, 0.4) is 0 Å². The molecule has 2 aromatic rings. The molecule has 0 radical (unpaired) electrons. The number of hydrogen-bond donors (Lipinski definition) is 1. The van der Waals surface area contributed by atoms with Gasteiger partial charge in [0, 0.05) is 7.11 Å². The minimum absolute atomic E-state index is 0.122. The van der Waals surface area contributed by atoms with Gasteiger partial charge in [-0.1, -0.05) is 48.5 Å². The number of methoxy groups -OCH3 is 1. The number of ether oxygens (including phenoxy) is 1. The van der Waals surface area contributed by atoms with Crippen molar-refractivity contribution in [1.29, 1.82) is 0 Å². The highest BCUT2D eigenvalue weighted by Gasteiger charge is 1.85. The Morgan fingerprint density at radius 3 is 1.53 bits per heavy atom. The summed E-state index contributed by atoms with van der Waals surface area (Å²) in [7, 11) is 1.55. The van der Waals surface area contributed by atoms with E-state index in [-0.39, 0.29) is 6.61 Å². The summed E-state index contributed by atoms with van der Waals surface area (Å²) in [4.78, 5) is 0. The van der Waals surface area contributed by atoms with Gasteiger partial charge in [-0.2, -0.15) is 0 Å². The molecule has 0 aliphatic rings. The zero-order valence-corrected chi connectivity index (χ0v) is 8.89. The van der Waals surface area contributed by atoms with Gasteiger partial charge in [0.25, 0.3) is 0 Å². The number of aliphatic hydroxyl groups excluding tert-OH is 1. The monoisotopic (exact) mass is 204 g/mol. The maximum absolute atomic E-state index is 7.94. The third kappa shape index (κ3) is 4.11. The van der Waals surface area contributed by atoms with Crippen molar-refractivity contribution in [3.05, 3.63) is 48.5 Å². The summed E-state index contributed by atoms with van der Waals surface area (Å²) in [6.45, 7) is 0.566. The molecule has 0 spiro atoms. The maximum atomic E-state index is 7.94. The van der Waals surface area contributed by atoms with Gasteiger partial charge >= 0.3 is 0 Å². The Bertz CT molecular complexity index is 317. The first-order chi connectivity index (χ1) is 7.38. The Balaban J connectivity index is 0.000000195. The van der Waals surface area contributed by atoms with E-state index in [4.69, 9.17) is 5.11 Å². The summed E-state index contributed by atoms with van der Waals surface area (Å²) >= 11 is 0. The molecule has 2 aromatic carbocycles. The van der Waals surface area contributed by atoms with Crippen LogP contribution in [0.2, 0.25) is 0 Å². The number of hydrogen-bond acceptors (Lipinski definition) is 2. The Labute approximate surface area is 90.1 Å². The lowest BCUT2D eigenvalue weighted by Gasteiger charge is -1.92. The lowest BCUT2D eigenvalue weighted by atomic mass is 10.1. The molecule has 0 bridgehead atoms. The summed E-state index contributed by atoms with van der Waals surface area (Å²) in [5, 5.41) is 10.6. The number of rotatable bonds is 2. The molecule has 15 heavy (non-hydrogen) atoms. The minimum Gasteiger partial charge on any atom is -0.394 e. The van der Waals surface area contributed by atoms with Crippen LogP contribution in [0.5, 0.6) is 0 Å². The van der Waals surface area contributed by atoms with Crippen LogP contribution in [0.25, 0.3) is 10.8 Å². The average molecular weight is 204 g/mol. The van der Waals surface area contributed by atoms with Crippen LogP contribution in [0.1, 0.15) is 0 Å². The van der Waals surface area contributed by atoms with Crippen molar-refractivity contribution in [3.8, 4) is 0 Å². The van der Waals surface area contributed by atoms with E-state index in [1.807, 2.05) is 0 Å². The van der Waals surface area contributed by atoms with Gasteiger partial charge in [0.1, 0.15) is 0 Å². The molecule has 2 rings (SSSR count). The highest BCUT2D eigenvalue weighted by Crippen LogP contribution is 2.11. The normalized spacial score (nSPS) is 9.47. The molecular weight excluding hydrogens is 188 g/mol. The van der Waals surface area contributed by atoms with Gasteiger partial charge in [0.05, 0.1) is 13.2 Å². The minimum atomic E-state index is 0.122. The molecular formula is C13H16O2. The zero-order chi connectivity index (χ0) is 10.9. The molecule has 80 valence electrons. The van der Waals surface area contributed by atoms with Gasteiger partial charge in [0.2, 0.25) is 0 Å². The van der Waals surface area contributed by atoms with Crippen molar-refractivity contribution in [2.75, 3.05) is 20.3 Å². The number of aliphatic hydroxyl groups is 1. The molecule has 1 N–H and O–H groups in total. The van der Waals surface area contributed by atoms with Crippen molar-refractivity contribution in [2.45, 2.75) is 0 Å². The fraction of sp³-hybridized carbons (Fsp3) is 0.231. The predicted molar refractivity (Wildman–Crippen MR) is 62.9 cm³/mol. The largest absolute Gasteiger partial charge is 0.394 e. The smallest absolute Gasteiger partial charge is 0.0693 e. The highest BCUT2D eigenvalue weighted by molar-refractivity contribution is 5.81. The summed E-state index contributed by atoms with van der Waals surface area (Å²) in [5.41, 5.74) is 0. The molecule has 0 unspecified atom stereocenters. The van der Waals surface area contributed by atoms with Gasteiger partial charge in [-0.15, -0.1) is 0 Å². The standard InChI is InChI=1S/C10H8.C3H8O2/c1-2-6-10-8-4-3-7-9(10)5-1;1-5-3-2-4/h1-8H;4H,2-3H2,1H3. The van der Waals surface area contributed by atoms with E-state index < -0.39 is 0 Å². The Morgan fingerprint density at radius 2 is 1.33 bits per heavy atom. The van der Waals surface area contributed by atoms with Crippen molar-refractivity contribution in [2.24, 2.45) is 0 Å². The molecule has 2 nitrogen and oxygen atoms in total. The molecule has 2 heteroatoms. The van der Waals surface area contributed by atoms with Gasteiger partial charge in [-0.05, 0) is 10.8 Å². The van der Waals surface area contributed by atoms with Crippen LogP contribution < -0.4 is 0 Å². The van der Waals surface area contributed by atoms with E-state index in [2.05, 4.69) is 53.3 Å². The van der Waals surface area contributed by atoms with Gasteiger partial charge in [0.15, 0.2) is 0 Å². The maximum Gasteiger partial charge on any atom is 0.0693 e. The molecule has 0 saturated carbocycles. The lowest BCUT2D eigenvalue weighted by molar-refractivity contribution is 0.135. The van der Waals surface area contributed by atoms with E-state index in [1.165, 1.54) is 10.8 Å². The lowest BCUT2D eigenvalue weighted by Crippen LogP contribution is -1.91. The Kier molecular flexibility index (Phi) is 5.44. The molecule has 0 fully saturated rings. The van der Waals surface area contributed by atoms with Gasteiger partial charge in [-0.25, -0.2) is 0 Å². The number of fused-ring (bicyclic) bond motifs is 1. The molecule has 0 atom stereocenters. The van der Waals surface area contributed by atoms with Crippen LogP contribution in [0, 0.1) is 0 Å². The van der Waals surface area contributed by atoms with Crippen molar-refractivity contribution in [1.82, 2.24) is 0 Å². The third-order valence-corrected chi connectivity index (χ3v) is 1.95. The third-order valence-electron chi connectivity index (χ3n) is 1.95. The fourth-order valence-electron chi connectivity index (χ4n) is 1.22. The summed E-state index contributed by atoms with van der Waals surface area (Å²) < 4.78 is 4.44. The van der Waals surface area contributed by atoms with Crippen molar-refractivity contribution >= 4 is 10.8 Å². The van der Waals surface area contributed by atoms with Gasteiger partial charge in [-0.3, -0.25) is 0 Å². The second-order valence-corrected chi connectivity index (χ2v) is 3.06. The Morgan fingerprint density at radius 1 is 0.933 bits per heavy atom. The quantitative estimate of drug-likeness (QED) is 0.814. The van der Waals surface area contributed by atoms with Crippen molar-refractivity contribution < 1.29 is 9.84 Å². The van der Waals surface area contributed by atoms with Crippen LogP contribution in [0.4, 0.5) is 0 Å². The first-order valence-electron chi connectivity index (χ1n) is 4.92. The van der Waals surface area contributed by atoms with Crippen LogP contribution in [-0.2, 0) is 4.74 Å². The SMILES string of the molecule is COCCO.c1ccc2ccccc2c1. The highest BCUT2D eigenvalue weighted by atomic mass is 16.5. The topological polar surface area (TPSA) is 29.5 Å². The van der Waals surface area contributed by atoms with E-state index in [9.17, 15) is 0 Å². The first kappa shape index (κ1) is 11.7. The molecule has 0 heterocycles. The Hall–Kier alpha value is -1.38. The number of benzene rings is 2. The van der Waals surface area contributed by atoms with Gasteiger partial charge < -0.3 is 9.84 Å². The second-order valence-electron chi connectivity index (χ2n) is 3.06. The zero-order valence-electron chi connectivity index (χ0n) is 8.89. The van der Waals surface area contributed by atoms with E-state index in [0.717, 1.165) is 0 Å². The van der Waals surface area contributed by atoms with E-state index >= 15 is 0 Å². The average Bonchev–Trinajstić information content (AvgIpc) is 2.31. The summed E-state index contributed by atoms with van der Waals surface area (Å²) in [5.74, 6) is 0. The van der Waals surface area contributed by atoms with E-state index in [0.29, 0.717) is 6.61 Å². The molecule has 0 amide bonds. The van der Waals surface area contributed by atoms with Crippen LogP contribution >= 0.6 is 0 Å². The summed E-state index contributed by atoms with van der Waals surface area (Å²) in [6.07, 6.45) is 0. The molecule has 0 aliphatic carbocycles.